The second-order valence-electron chi connectivity index (χ2n) is 6.04. The number of nitrogens with one attached hydrogen (secondary N) is 1. The van der Waals surface area contributed by atoms with E-state index in [2.05, 4.69) is 48.3 Å². The number of hydrogen-bond acceptors (Lipinski definition) is 3. The molecule has 0 aliphatic carbocycles. The van der Waals surface area contributed by atoms with Gasteiger partial charge >= 0.3 is 0 Å². The highest BCUT2D eigenvalue weighted by Crippen LogP contribution is 2.28. The van der Waals surface area contributed by atoms with E-state index in [0.29, 0.717) is 6.04 Å². The first-order valence-electron chi connectivity index (χ1n) is 6.95. The van der Waals surface area contributed by atoms with Crippen LogP contribution in [0.4, 0.5) is 5.69 Å². The van der Waals surface area contributed by atoms with Gasteiger partial charge in [0.25, 0.3) is 0 Å². The van der Waals surface area contributed by atoms with E-state index >= 15 is 0 Å². The number of nitriles is 1. The molecular formula is C16H23N3. The van der Waals surface area contributed by atoms with E-state index in [1.54, 1.807) is 0 Å². The van der Waals surface area contributed by atoms with Crippen molar-refractivity contribution in [3.8, 4) is 6.07 Å². The fraction of sp³-hybridized carbons (Fsp3) is 0.562. The van der Waals surface area contributed by atoms with Crippen LogP contribution in [0.15, 0.2) is 18.2 Å². The third-order valence-electron chi connectivity index (χ3n) is 3.91. The summed E-state index contributed by atoms with van der Waals surface area (Å²) in [6.45, 7) is 11.4. The first-order chi connectivity index (χ1) is 8.94. The van der Waals surface area contributed by atoms with Gasteiger partial charge in [0, 0.05) is 31.4 Å². The molecule has 19 heavy (non-hydrogen) atoms. The van der Waals surface area contributed by atoms with Gasteiger partial charge in [0.15, 0.2) is 0 Å². The quantitative estimate of drug-likeness (QED) is 0.885. The summed E-state index contributed by atoms with van der Waals surface area (Å²) in [5, 5.41) is 12.7. The number of anilines is 1. The third-order valence-corrected chi connectivity index (χ3v) is 3.91. The summed E-state index contributed by atoms with van der Waals surface area (Å²) in [4.78, 5) is 2.43. The summed E-state index contributed by atoms with van der Waals surface area (Å²) in [5.74, 6) is 0. The first-order valence-corrected chi connectivity index (χ1v) is 6.95. The van der Waals surface area contributed by atoms with Crippen LogP contribution in [0.25, 0.3) is 0 Å². The van der Waals surface area contributed by atoms with Crippen molar-refractivity contribution < 1.29 is 0 Å². The molecule has 0 bridgehead atoms. The molecule has 0 spiro atoms. The minimum atomic E-state index is -0.417. The van der Waals surface area contributed by atoms with Gasteiger partial charge in [0.05, 0.1) is 11.5 Å². The average molecular weight is 257 g/mol. The Morgan fingerprint density at radius 3 is 2.74 bits per heavy atom. The third kappa shape index (κ3) is 2.90. The number of nitrogens with zero attached hydrogens (tertiary/aromatic N) is 2. The number of hydrogen-bond donors (Lipinski definition) is 1. The zero-order valence-electron chi connectivity index (χ0n) is 12.3. The van der Waals surface area contributed by atoms with Crippen LogP contribution >= 0.6 is 0 Å². The summed E-state index contributed by atoms with van der Waals surface area (Å²) in [5.41, 5.74) is 3.24. The molecule has 1 aliphatic rings. The zero-order chi connectivity index (χ0) is 14.0. The van der Waals surface area contributed by atoms with Gasteiger partial charge < -0.3 is 10.2 Å². The lowest BCUT2D eigenvalue weighted by molar-refractivity contribution is 0.484. The second kappa shape index (κ2) is 5.22. The standard InChI is InChI=1S/C16H23N3/c1-12-9-14(16(3,4)11-17)5-6-15(12)19-8-7-18-13(2)10-19/h5-6,9,13,18H,7-8,10H2,1-4H3. The summed E-state index contributed by atoms with van der Waals surface area (Å²) in [6, 6.07) is 9.32. The molecule has 0 amide bonds. The molecule has 1 saturated heterocycles. The molecule has 0 radical (unpaired) electrons. The van der Waals surface area contributed by atoms with Crippen LogP contribution in [0.5, 0.6) is 0 Å². The highest BCUT2D eigenvalue weighted by molar-refractivity contribution is 5.56. The van der Waals surface area contributed by atoms with Gasteiger partial charge in [-0.05, 0) is 44.9 Å². The van der Waals surface area contributed by atoms with Crippen molar-refractivity contribution in [2.75, 3.05) is 24.5 Å². The van der Waals surface area contributed by atoms with Gasteiger partial charge in [0.1, 0.15) is 0 Å². The van der Waals surface area contributed by atoms with Gasteiger partial charge in [-0.3, -0.25) is 0 Å². The molecule has 1 aromatic carbocycles. The molecule has 1 aromatic rings. The number of aryl methyl sites for hydroxylation is 1. The predicted molar refractivity (Wildman–Crippen MR) is 79.5 cm³/mol. The van der Waals surface area contributed by atoms with Gasteiger partial charge in [0.2, 0.25) is 0 Å². The molecule has 1 fully saturated rings. The maximum atomic E-state index is 9.22. The molecule has 1 N–H and O–H groups in total. The smallest absolute Gasteiger partial charge is 0.0766 e. The van der Waals surface area contributed by atoms with E-state index in [-0.39, 0.29) is 0 Å². The maximum absolute atomic E-state index is 9.22. The largest absolute Gasteiger partial charge is 0.368 e. The van der Waals surface area contributed by atoms with Crippen LogP contribution in [0.2, 0.25) is 0 Å². The molecule has 1 heterocycles. The Labute approximate surface area is 116 Å². The molecule has 102 valence electrons. The van der Waals surface area contributed by atoms with Crippen molar-refractivity contribution in [3.63, 3.8) is 0 Å². The normalized spacial score (nSPS) is 20.2. The summed E-state index contributed by atoms with van der Waals surface area (Å²) >= 11 is 0. The van der Waals surface area contributed by atoms with E-state index in [1.807, 2.05) is 13.8 Å². The van der Waals surface area contributed by atoms with Crippen LogP contribution in [0.3, 0.4) is 0 Å². The van der Waals surface area contributed by atoms with Crippen LogP contribution in [-0.4, -0.2) is 25.7 Å². The Balaban J connectivity index is 2.27. The van der Waals surface area contributed by atoms with E-state index in [9.17, 15) is 5.26 Å². The number of rotatable bonds is 2. The Bertz CT molecular complexity index is 499. The molecule has 1 aliphatic heterocycles. The Morgan fingerprint density at radius 1 is 1.42 bits per heavy atom. The summed E-state index contributed by atoms with van der Waals surface area (Å²) in [7, 11) is 0. The molecule has 1 atom stereocenters. The van der Waals surface area contributed by atoms with Crippen LogP contribution < -0.4 is 10.2 Å². The van der Waals surface area contributed by atoms with E-state index in [1.165, 1.54) is 11.3 Å². The predicted octanol–water partition coefficient (Wildman–Crippen LogP) is 2.59. The zero-order valence-corrected chi connectivity index (χ0v) is 12.3. The van der Waals surface area contributed by atoms with Gasteiger partial charge in [-0.25, -0.2) is 0 Å². The van der Waals surface area contributed by atoms with Gasteiger partial charge in [-0.1, -0.05) is 12.1 Å². The molecule has 3 nitrogen and oxygen atoms in total. The van der Waals surface area contributed by atoms with E-state index in [4.69, 9.17) is 0 Å². The Morgan fingerprint density at radius 2 is 2.16 bits per heavy atom. The molecule has 3 heteroatoms. The van der Waals surface area contributed by atoms with Crippen molar-refractivity contribution in [2.45, 2.75) is 39.2 Å². The highest BCUT2D eigenvalue weighted by Gasteiger charge is 2.22. The molecule has 1 unspecified atom stereocenters. The molecule has 2 rings (SSSR count). The van der Waals surface area contributed by atoms with E-state index < -0.39 is 5.41 Å². The SMILES string of the molecule is Cc1cc(C(C)(C)C#N)ccc1N1CCNC(C)C1. The first kappa shape index (κ1) is 13.9. The van der Waals surface area contributed by atoms with Crippen LogP contribution in [0.1, 0.15) is 31.9 Å². The summed E-state index contributed by atoms with van der Waals surface area (Å²) in [6.07, 6.45) is 0. The fourth-order valence-corrected chi connectivity index (χ4v) is 2.61. The van der Waals surface area contributed by atoms with E-state index in [0.717, 1.165) is 25.2 Å². The van der Waals surface area contributed by atoms with Crippen molar-refractivity contribution in [1.82, 2.24) is 5.32 Å². The van der Waals surface area contributed by atoms with Crippen LogP contribution in [0, 0.1) is 18.3 Å². The van der Waals surface area contributed by atoms with Crippen molar-refractivity contribution in [3.05, 3.63) is 29.3 Å². The second-order valence-corrected chi connectivity index (χ2v) is 6.04. The minimum absolute atomic E-state index is 0.417. The Kier molecular flexibility index (Phi) is 3.82. The monoisotopic (exact) mass is 257 g/mol. The van der Waals surface area contributed by atoms with Crippen molar-refractivity contribution >= 4 is 5.69 Å². The minimum Gasteiger partial charge on any atom is -0.368 e. The van der Waals surface area contributed by atoms with Crippen molar-refractivity contribution in [1.29, 1.82) is 5.26 Å². The van der Waals surface area contributed by atoms with Gasteiger partial charge in [-0.2, -0.15) is 5.26 Å². The lowest BCUT2D eigenvalue weighted by Gasteiger charge is -2.35. The van der Waals surface area contributed by atoms with Crippen molar-refractivity contribution in [2.24, 2.45) is 0 Å². The Hall–Kier alpha value is -1.53. The van der Waals surface area contributed by atoms with Crippen LogP contribution in [-0.2, 0) is 5.41 Å². The lowest BCUT2D eigenvalue weighted by atomic mass is 9.85. The fourth-order valence-electron chi connectivity index (χ4n) is 2.61. The topological polar surface area (TPSA) is 39.1 Å². The lowest BCUT2D eigenvalue weighted by Crippen LogP contribution is -2.49. The number of piperazine rings is 1. The molecular weight excluding hydrogens is 234 g/mol. The average Bonchev–Trinajstić information content (AvgIpc) is 2.38. The van der Waals surface area contributed by atoms with Gasteiger partial charge in [-0.15, -0.1) is 0 Å². The maximum Gasteiger partial charge on any atom is 0.0766 e. The molecule has 0 aromatic heterocycles. The summed E-state index contributed by atoms with van der Waals surface area (Å²) < 4.78 is 0. The molecule has 0 saturated carbocycles. The number of benzene rings is 1. The highest BCUT2D eigenvalue weighted by atomic mass is 15.2.